The molecular formula is C16H25NO2S. The summed E-state index contributed by atoms with van der Waals surface area (Å²) in [7, 11) is 0. The van der Waals surface area contributed by atoms with Gasteiger partial charge in [0.05, 0.1) is 10.3 Å². The van der Waals surface area contributed by atoms with Gasteiger partial charge in [-0.05, 0) is 31.6 Å². The molecule has 2 aliphatic rings. The molecule has 0 bridgehead atoms. The van der Waals surface area contributed by atoms with Gasteiger partial charge in [0, 0.05) is 18.5 Å². The van der Waals surface area contributed by atoms with Crippen molar-refractivity contribution < 1.29 is 9.59 Å². The van der Waals surface area contributed by atoms with E-state index in [0.717, 1.165) is 10.6 Å². The van der Waals surface area contributed by atoms with Crippen LogP contribution < -0.4 is 5.32 Å². The summed E-state index contributed by atoms with van der Waals surface area (Å²) in [6, 6.07) is 0. The van der Waals surface area contributed by atoms with Gasteiger partial charge in [-0.1, -0.05) is 27.0 Å². The van der Waals surface area contributed by atoms with Crippen molar-refractivity contribution in [3.63, 3.8) is 0 Å². The zero-order valence-electron chi connectivity index (χ0n) is 13.1. The van der Waals surface area contributed by atoms with Gasteiger partial charge < -0.3 is 5.32 Å². The van der Waals surface area contributed by atoms with Crippen LogP contribution in [0, 0.1) is 5.92 Å². The molecule has 0 radical (unpaired) electrons. The molecule has 0 amide bonds. The lowest BCUT2D eigenvalue weighted by atomic mass is 9.86. The number of carbonyl (C=O) groups excluding carboxylic acids is 2. The van der Waals surface area contributed by atoms with E-state index < -0.39 is 0 Å². The maximum atomic E-state index is 11.4. The van der Waals surface area contributed by atoms with Crippen LogP contribution in [-0.4, -0.2) is 21.9 Å². The van der Waals surface area contributed by atoms with Crippen LogP contribution in [-0.2, 0) is 9.59 Å². The second-order valence-electron chi connectivity index (χ2n) is 6.44. The average Bonchev–Trinajstić information content (AvgIpc) is 2.65. The molecule has 20 heavy (non-hydrogen) atoms. The summed E-state index contributed by atoms with van der Waals surface area (Å²) < 4.78 is -0.197. The third-order valence-electron chi connectivity index (χ3n) is 3.97. The van der Waals surface area contributed by atoms with Crippen molar-refractivity contribution in [2.45, 2.75) is 57.7 Å². The third kappa shape index (κ3) is 3.54. The molecule has 0 aromatic heterocycles. The molecule has 0 aromatic carbocycles. The second kappa shape index (κ2) is 5.76. The Hall–Kier alpha value is -1.03. The summed E-state index contributed by atoms with van der Waals surface area (Å²) in [4.78, 5) is 23.5. The summed E-state index contributed by atoms with van der Waals surface area (Å²) >= 11 is 1.59. The van der Waals surface area contributed by atoms with Crippen LogP contribution >= 0.6 is 11.8 Å². The van der Waals surface area contributed by atoms with Crippen LogP contribution in [0.25, 0.3) is 0 Å². The number of thioether (sulfide) groups is 1. The minimum Gasteiger partial charge on any atom is -0.376 e. The van der Waals surface area contributed by atoms with Crippen LogP contribution in [0.1, 0.15) is 47.5 Å². The molecule has 1 N–H and O–H groups in total. The fourth-order valence-electron chi connectivity index (χ4n) is 2.17. The van der Waals surface area contributed by atoms with E-state index in [1.807, 2.05) is 34.6 Å². The zero-order chi connectivity index (χ0) is 15.7. The Morgan fingerprint density at radius 3 is 1.80 bits per heavy atom. The first kappa shape index (κ1) is 17.0. The Bertz CT molecular complexity index is 465. The molecule has 3 nitrogen and oxygen atoms in total. The minimum absolute atomic E-state index is 0.197. The average molecular weight is 295 g/mol. The molecule has 0 spiro atoms. The molecule has 2 heterocycles. The van der Waals surface area contributed by atoms with E-state index in [4.69, 9.17) is 0 Å². The van der Waals surface area contributed by atoms with Gasteiger partial charge in [-0.2, -0.15) is 0 Å². The molecule has 112 valence electrons. The first-order chi connectivity index (χ1) is 8.99. The van der Waals surface area contributed by atoms with Gasteiger partial charge in [-0.15, -0.1) is 11.8 Å². The van der Waals surface area contributed by atoms with E-state index >= 15 is 0 Å². The van der Waals surface area contributed by atoms with E-state index in [1.54, 1.807) is 11.8 Å². The van der Waals surface area contributed by atoms with Crippen molar-refractivity contribution in [2.75, 3.05) is 0 Å². The molecule has 4 heteroatoms. The SMILES string of the molecule is C=C1CC(=O)C(C)(C(C)C)N1.C=C1CC(=O)C(C)(C)S1. The minimum atomic E-state index is -0.364. The Labute approximate surface area is 126 Å². The van der Waals surface area contributed by atoms with Crippen molar-refractivity contribution in [3.8, 4) is 0 Å². The number of carbonyl (C=O) groups is 2. The van der Waals surface area contributed by atoms with E-state index in [9.17, 15) is 9.59 Å². The predicted octanol–water partition coefficient (Wildman–Crippen LogP) is 3.46. The lowest BCUT2D eigenvalue weighted by Crippen LogP contribution is -2.46. The van der Waals surface area contributed by atoms with Gasteiger partial charge in [-0.3, -0.25) is 9.59 Å². The molecule has 2 rings (SSSR count). The molecule has 2 fully saturated rings. The Kier molecular flexibility index (Phi) is 4.90. The predicted molar refractivity (Wildman–Crippen MR) is 85.6 cm³/mol. The van der Waals surface area contributed by atoms with Crippen molar-refractivity contribution >= 4 is 23.3 Å². The Balaban J connectivity index is 0.000000204. The lowest BCUT2D eigenvalue weighted by molar-refractivity contribution is -0.123. The molecule has 2 aliphatic heterocycles. The number of Topliss-reactive ketones (excluding diaryl/α,β-unsaturated/α-hetero) is 2. The largest absolute Gasteiger partial charge is 0.376 e. The summed E-state index contributed by atoms with van der Waals surface area (Å²) in [6.45, 7) is 17.4. The van der Waals surface area contributed by atoms with E-state index in [2.05, 4.69) is 18.5 Å². The van der Waals surface area contributed by atoms with Crippen molar-refractivity contribution in [3.05, 3.63) is 23.8 Å². The van der Waals surface area contributed by atoms with Crippen molar-refractivity contribution in [1.29, 1.82) is 0 Å². The van der Waals surface area contributed by atoms with Gasteiger partial charge in [0.2, 0.25) is 0 Å². The standard InChI is InChI=1S/C9H15NO.C7H10OS/c1-6(2)9(4)8(11)5-7(3)10-9;1-5-4-6(8)7(2,3)9-5/h6,10H,3,5H2,1-2,4H3;1,4H2,2-3H3. The molecule has 2 saturated heterocycles. The molecule has 0 aliphatic carbocycles. The molecular weight excluding hydrogens is 270 g/mol. The quantitative estimate of drug-likeness (QED) is 0.804. The highest BCUT2D eigenvalue weighted by molar-refractivity contribution is 8.05. The zero-order valence-corrected chi connectivity index (χ0v) is 13.9. The molecule has 1 unspecified atom stereocenters. The second-order valence-corrected chi connectivity index (χ2v) is 8.24. The Morgan fingerprint density at radius 1 is 1.10 bits per heavy atom. The monoisotopic (exact) mass is 295 g/mol. The van der Waals surface area contributed by atoms with E-state index in [0.29, 0.717) is 24.5 Å². The van der Waals surface area contributed by atoms with Gasteiger partial charge >= 0.3 is 0 Å². The number of ketones is 2. The number of allylic oxidation sites excluding steroid dienone is 2. The topological polar surface area (TPSA) is 46.2 Å². The smallest absolute Gasteiger partial charge is 0.163 e. The van der Waals surface area contributed by atoms with Gasteiger partial charge in [-0.25, -0.2) is 0 Å². The maximum absolute atomic E-state index is 11.4. The van der Waals surface area contributed by atoms with Crippen LogP contribution in [0.4, 0.5) is 0 Å². The normalized spacial score (nSPS) is 28.5. The van der Waals surface area contributed by atoms with E-state index in [1.165, 1.54) is 0 Å². The van der Waals surface area contributed by atoms with Crippen molar-refractivity contribution in [1.82, 2.24) is 5.32 Å². The van der Waals surface area contributed by atoms with E-state index in [-0.39, 0.29) is 16.1 Å². The summed E-state index contributed by atoms with van der Waals surface area (Å²) in [6.07, 6.45) is 1.06. The third-order valence-corrected chi connectivity index (χ3v) is 5.14. The number of hydrogen-bond acceptors (Lipinski definition) is 4. The highest BCUT2D eigenvalue weighted by atomic mass is 32.2. The first-order valence-electron chi connectivity index (χ1n) is 6.88. The lowest BCUT2D eigenvalue weighted by Gasteiger charge is -2.27. The van der Waals surface area contributed by atoms with Crippen LogP contribution in [0.2, 0.25) is 0 Å². The number of nitrogens with one attached hydrogen (secondary N) is 1. The Morgan fingerprint density at radius 2 is 1.65 bits per heavy atom. The van der Waals surface area contributed by atoms with Gasteiger partial charge in [0.25, 0.3) is 0 Å². The van der Waals surface area contributed by atoms with Crippen LogP contribution in [0.5, 0.6) is 0 Å². The molecule has 0 aromatic rings. The summed E-state index contributed by atoms with van der Waals surface area (Å²) in [5, 5.41) is 3.14. The van der Waals surface area contributed by atoms with Gasteiger partial charge in [0.1, 0.15) is 0 Å². The van der Waals surface area contributed by atoms with Gasteiger partial charge in [0.15, 0.2) is 11.6 Å². The number of hydrogen-bond donors (Lipinski definition) is 1. The number of rotatable bonds is 1. The van der Waals surface area contributed by atoms with Crippen LogP contribution in [0.3, 0.4) is 0 Å². The maximum Gasteiger partial charge on any atom is 0.163 e. The first-order valence-corrected chi connectivity index (χ1v) is 7.70. The highest BCUT2D eigenvalue weighted by Crippen LogP contribution is 2.41. The fraction of sp³-hybridized carbons (Fsp3) is 0.625. The molecule has 0 saturated carbocycles. The van der Waals surface area contributed by atoms with Crippen molar-refractivity contribution in [2.24, 2.45) is 5.92 Å². The molecule has 1 atom stereocenters. The fourth-order valence-corrected chi connectivity index (χ4v) is 3.28. The summed E-state index contributed by atoms with van der Waals surface area (Å²) in [5.41, 5.74) is 0.489. The highest BCUT2D eigenvalue weighted by Gasteiger charge is 2.41. The summed E-state index contributed by atoms with van der Waals surface area (Å²) in [5.74, 6) is 0.893. The van der Waals surface area contributed by atoms with Crippen LogP contribution in [0.15, 0.2) is 23.8 Å².